The Balaban J connectivity index is 1.80. The van der Waals surface area contributed by atoms with Crippen LogP contribution in [0, 0.1) is 11.3 Å². The van der Waals surface area contributed by atoms with Gasteiger partial charge in [0.15, 0.2) is 0 Å². The van der Waals surface area contributed by atoms with Crippen LogP contribution in [0.5, 0.6) is 0 Å². The summed E-state index contributed by atoms with van der Waals surface area (Å²) < 4.78 is 5.83. The smallest absolute Gasteiger partial charge is 0.115 e. The van der Waals surface area contributed by atoms with Crippen LogP contribution in [0.1, 0.15) is 65.7 Å². The van der Waals surface area contributed by atoms with Crippen LogP contribution in [0.15, 0.2) is 11.5 Å². The van der Waals surface area contributed by atoms with E-state index in [0.717, 1.165) is 43.3 Å². The molecule has 2 aliphatic rings. The number of hydrogen-bond donors (Lipinski definition) is 2. The SMILES string of the molecule is C/C(OCC(O)CN1CCCCC1)=C(/N)C1(C)CCC(C)CC1. The highest BCUT2D eigenvalue weighted by molar-refractivity contribution is 5.14. The molecule has 1 atom stereocenters. The van der Waals surface area contributed by atoms with E-state index in [1.54, 1.807) is 0 Å². The first-order valence-electron chi connectivity index (χ1n) is 9.41. The van der Waals surface area contributed by atoms with Gasteiger partial charge in [0.05, 0.1) is 5.70 Å². The van der Waals surface area contributed by atoms with E-state index in [1.807, 2.05) is 6.92 Å². The van der Waals surface area contributed by atoms with E-state index in [9.17, 15) is 5.11 Å². The van der Waals surface area contributed by atoms with Gasteiger partial charge in [0.25, 0.3) is 0 Å². The summed E-state index contributed by atoms with van der Waals surface area (Å²) >= 11 is 0. The first-order chi connectivity index (χ1) is 10.9. The first kappa shape index (κ1) is 18.6. The topological polar surface area (TPSA) is 58.7 Å². The molecule has 23 heavy (non-hydrogen) atoms. The Bertz CT molecular complexity index is 394. The number of allylic oxidation sites excluding steroid dienone is 2. The summed E-state index contributed by atoms with van der Waals surface area (Å²) in [7, 11) is 0. The third-order valence-corrected chi connectivity index (χ3v) is 5.82. The van der Waals surface area contributed by atoms with Gasteiger partial charge in [-0.05, 0) is 64.5 Å². The van der Waals surface area contributed by atoms with Gasteiger partial charge >= 0.3 is 0 Å². The van der Waals surface area contributed by atoms with E-state index in [0.29, 0.717) is 13.2 Å². The molecule has 134 valence electrons. The molecular formula is C19H36N2O2. The minimum atomic E-state index is -0.435. The molecule has 0 aromatic rings. The Kier molecular flexibility index (Phi) is 6.78. The van der Waals surface area contributed by atoms with Crippen molar-refractivity contribution in [1.82, 2.24) is 4.90 Å². The van der Waals surface area contributed by atoms with E-state index in [1.165, 1.54) is 32.1 Å². The summed E-state index contributed by atoms with van der Waals surface area (Å²) in [6.07, 6.45) is 8.12. The molecule has 4 nitrogen and oxygen atoms in total. The lowest BCUT2D eigenvalue weighted by Crippen LogP contribution is -2.38. The Labute approximate surface area is 142 Å². The molecule has 0 amide bonds. The summed E-state index contributed by atoms with van der Waals surface area (Å²) in [6.45, 7) is 9.78. The zero-order valence-corrected chi connectivity index (χ0v) is 15.3. The van der Waals surface area contributed by atoms with Crippen LogP contribution in [0.2, 0.25) is 0 Å². The van der Waals surface area contributed by atoms with Crippen molar-refractivity contribution in [3.63, 3.8) is 0 Å². The maximum Gasteiger partial charge on any atom is 0.115 e. The fourth-order valence-corrected chi connectivity index (χ4v) is 3.89. The van der Waals surface area contributed by atoms with Crippen molar-refractivity contribution in [2.45, 2.75) is 71.8 Å². The number of piperidine rings is 1. The van der Waals surface area contributed by atoms with Gasteiger partial charge in [-0.2, -0.15) is 0 Å². The normalized spacial score (nSPS) is 32.3. The van der Waals surface area contributed by atoms with Gasteiger partial charge in [0, 0.05) is 12.0 Å². The number of ether oxygens (including phenoxy) is 1. The molecule has 2 rings (SSSR count). The molecule has 0 aromatic carbocycles. The molecule has 1 unspecified atom stereocenters. The number of rotatable bonds is 6. The zero-order valence-electron chi connectivity index (χ0n) is 15.3. The predicted molar refractivity (Wildman–Crippen MR) is 94.9 cm³/mol. The number of hydrogen-bond acceptors (Lipinski definition) is 4. The largest absolute Gasteiger partial charge is 0.494 e. The Morgan fingerprint density at radius 1 is 1.26 bits per heavy atom. The zero-order chi connectivity index (χ0) is 16.9. The average molecular weight is 325 g/mol. The van der Waals surface area contributed by atoms with Crippen molar-refractivity contribution < 1.29 is 9.84 Å². The fourth-order valence-electron chi connectivity index (χ4n) is 3.89. The number of nitrogens with zero attached hydrogens (tertiary/aromatic N) is 1. The Morgan fingerprint density at radius 2 is 1.87 bits per heavy atom. The standard InChI is InChI=1S/C19H36N2O2/c1-15-7-9-19(3,10-8-15)18(20)16(2)23-14-17(22)13-21-11-5-4-6-12-21/h15,17,22H,4-14,20H2,1-3H3/b18-16-. The van der Waals surface area contributed by atoms with Gasteiger partial charge in [0.2, 0.25) is 0 Å². The monoisotopic (exact) mass is 324 g/mol. The molecule has 1 aliphatic carbocycles. The highest BCUT2D eigenvalue weighted by Crippen LogP contribution is 2.43. The molecule has 3 N–H and O–H groups in total. The van der Waals surface area contributed by atoms with E-state index >= 15 is 0 Å². The molecule has 4 heteroatoms. The van der Waals surface area contributed by atoms with Gasteiger partial charge in [-0.3, -0.25) is 0 Å². The van der Waals surface area contributed by atoms with Crippen LogP contribution < -0.4 is 5.73 Å². The summed E-state index contributed by atoms with van der Waals surface area (Å²) in [6, 6.07) is 0. The number of β-amino-alcohol motifs (C(OH)–C–C–N with tert-alkyl or cyclic N) is 1. The van der Waals surface area contributed by atoms with Gasteiger partial charge < -0.3 is 20.5 Å². The maximum absolute atomic E-state index is 10.2. The van der Waals surface area contributed by atoms with E-state index in [-0.39, 0.29) is 5.41 Å². The average Bonchev–Trinajstić information content (AvgIpc) is 2.56. The Hall–Kier alpha value is -0.740. The molecular weight excluding hydrogens is 288 g/mol. The second kappa shape index (κ2) is 8.39. The van der Waals surface area contributed by atoms with Crippen molar-refractivity contribution in [3.05, 3.63) is 11.5 Å². The summed E-state index contributed by atoms with van der Waals surface area (Å²) in [5.74, 6) is 1.61. The fraction of sp³-hybridized carbons (Fsp3) is 0.895. The summed E-state index contributed by atoms with van der Waals surface area (Å²) in [4.78, 5) is 2.34. The van der Waals surface area contributed by atoms with Crippen molar-refractivity contribution in [1.29, 1.82) is 0 Å². The lowest BCUT2D eigenvalue weighted by atomic mass is 9.70. The van der Waals surface area contributed by atoms with Crippen molar-refractivity contribution >= 4 is 0 Å². The third-order valence-electron chi connectivity index (χ3n) is 5.82. The molecule has 1 saturated carbocycles. The van der Waals surface area contributed by atoms with Crippen LogP contribution >= 0.6 is 0 Å². The predicted octanol–water partition coefficient (Wildman–Crippen LogP) is 3.26. The quantitative estimate of drug-likeness (QED) is 0.736. The van der Waals surface area contributed by atoms with Crippen LogP contribution in [0.3, 0.4) is 0 Å². The third kappa shape index (κ3) is 5.39. The van der Waals surface area contributed by atoms with Crippen molar-refractivity contribution in [2.24, 2.45) is 17.1 Å². The van der Waals surface area contributed by atoms with E-state index in [2.05, 4.69) is 18.7 Å². The van der Waals surface area contributed by atoms with Gasteiger partial charge in [0.1, 0.15) is 18.5 Å². The molecule has 0 radical (unpaired) electrons. The molecule has 2 fully saturated rings. The second-order valence-corrected chi connectivity index (χ2v) is 8.04. The van der Waals surface area contributed by atoms with Gasteiger partial charge in [-0.15, -0.1) is 0 Å². The minimum Gasteiger partial charge on any atom is -0.494 e. The highest BCUT2D eigenvalue weighted by Gasteiger charge is 2.33. The molecule has 1 heterocycles. The molecule has 0 spiro atoms. The molecule has 0 bridgehead atoms. The lowest BCUT2D eigenvalue weighted by molar-refractivity contribution is 0.0360. The molecule has 1 saturated heterocycles. The lowest BCUT2D eigenvalue weighted by Gasteiger charge is -2.37. The Morgan fingerprint density at radius 3 is 2.48 bits per heavy atom. The van der Waals surface area contributed by atoms with E-state index < -0.39 is 6.10 Å². The van der Waals surface area contributed by atoms with Crippen LogP contribution in [0.4, 0.5) is 0 Å². The molecule has 1 aliphatic heterocycles. The van der Waals surface area contributed by atoms with Gasteiger partial charge in [-0.1, -0.05) is 20.3 Å². The van der Waals surface area contributed by atoms with Crippen LogP contribution in [0.25, 0.3) is 0 Å². The van der Waals surface area contributed by atoms with Crippen LogP contribution in [-0.2, 0) is 4.74 Å². The first-order valence-corrected chi connectivity index (χ1v) is 9.41. The molecule has 0 aromatic heterocycles. The maximum atomic E-state index is 10.2. The number of nitrogens with two attached hydrogens (primary N) is 1. The van der Waals surface area contributed by atoms with Crippen molar-refractivity contribution in [3.8, 4) is 0 Å². The second-order valence-electron chi connectivity index (χ2n) is 8.04. The van der Waals surface area contributed by atoms with E-state index in [4.69, 9.17) is 10.5 Å². The van der Waals surface area contributed by atoms with Crippen molar-refractivity contribution in [2.75, 3.05) is 26.2 Å². The van der Waals surface area contributed by atoms with Crippen LogP contribution in [-0.4, -0.2) is 42.4 Å². The summed E-state index contributed by atoms with van der Waals surface area (Å²) in [5, 5.41) is 10.2. The summed E-state index contributed by atoms with van der Waals surface area (Å²) in [5.41, 5.74) is 7.35. The number of aliphatic hydroxyl groups excluding tert-OH is 1. The number of likely N-dealkylation sites (tertiary alicyclic amines) is 1. The van der Waals surface area contributed by atoms with Gasteiger partial charge in [-0.25, -0.2) is 0 Å². The minimum absolute atomic E-state index is 0.0639. The number of aliphatic hydroxyl groups is 1. The highest BCUT2D eigenvalue weighted by atomic mass is 16.5.